The van der Waals surface area contributed by atoms with Crippen molar-refractivity contribution in [1.82, 2.24) is 24.6 Å². The summed E-state index contributed by atoms with van der Waals surface area (Å²) in [4.78, 5) is 12.1. The summed E-state index contributed by atoms with van der Waals surface area (Å²) >= 11 is 3.52. The van der Waals surface area contributed by atoms with Gasteiger partial charge in [0.15, 0.2) is 5.65 Å². The van der Waals surface area contributed by atoms with E-state index in [1.807, 2.05) is 6.20 Å². The first-order chi connectivity index (χ1) is 11.3. The lowest BCUT2D eigenvalue weighted by Crippen LogP contribution is -2.10. The molecule has 116 valence electrons. The van der Waals surface area contributed by atoms with E-state index in [1.54, 1.807) is 16.9 Å². The molecule has 0 bridgehead atoms. The van der Waals surface area contributed by atoms with E-state index in [-0.39, 0.29) is 5.92 Å². The Morgan fingerprint density at radius 2 is 2.35 bits per heavy atom. The summed E-state index contributed by atoms with van der Waals surface area (Å²) in [7, 11) is 0. The molecule has 0 saturated heterocycles. The standard InChI is InChI=1S/C16H15BrN6/c17-12-9-21-23-15(20-10-14-18-6-7-19-14)8-13(22-16(12)23)11-4-2-1-3-5-11/h1-4,6-9,11,20H,5,10H2,(H,18,19). The number of anilines is 1. The number of allylic oxidation sites excluding steroid dienone is 4. The monoisotopic (exact) mass is 370 g/mol. The molecule has 3 aromatic rings. The molecule has 1 atom stereocenters. The molecule has 0 aromatic carbocycles. The second kappa shape index (κ2) is 6.00. The van der Waals surface area contributed by atoms with Gasteiger partial charge in [0.1, 0.15) is 11.6 Å². The number of nitrogens with one attached hydrogen (secondary N) is 2. The van der Waals surface area contributed by atoms with E-state index in [9.17, 15) is 0 Å². The lowest BCUT2D eigenvalue weighted by atomic mass is 9.97. The van der Waals surface area contributed by atoms with Crippen molar-refractivity contribution in [3.63, 3.8) is 0 Å². The van der Waals surface area contributed by atoms with Crippen LogP contribution in [0, 0.1) is 0 Å². The van der Waals surface area contributed by atoms with Crippen LogP contribution in [0.5, 0.6) is 0 Å². The van der Waals surface area contributed by atoms with Crippen LogP contribution in [0.1, 0.15) is 23.9 Å². The number of hydrogen-bond donors (Lipinski definition) is 2. The van der Waals surface area contributed by atoms with Gasteiger partial charge in [0.05, 0.1) is 22.9 Å². The van der Waals surface area contributed by atoms with Gasteiger partial charge in [-0.05, 0) is 22.4 Å². The van der Waals surface area contributed by atoms with E-state index in [4.69, 9.17) is 4.98 Å². The Morgan fingerprint density at radius 1 is 1.39 bits per heavy atom. The van der Waals surface area contributed by atoms with E-state index >= 15 is 0 Å². The fourth-order valence-electron chi connectivity index (χ4n) is 2.64. The van der Waals surface area contributed by atoms with Gasteiger partial charge in [0, 0.05) is 24.4 Å². The molecule has 3 heterocycles. The van der Waals surface area contributed by atoms with Crippen molar-refractivity contribution in [1.29, 1.82) is 0 Å². The van der Waals surface area contributed by atoms with Crippen molar-refractivity contribution >= 4 is 27.4 Å². The Bertz CT molecular complexity index is 878. The molecule has 3 aromatic heterocycles. The normalized spacial score (nSPS) is 17.0. The summed E-state index contributed by atoms with van der Waals surface area (Å²) in [5.74, 6) is 2.06. The Balaban J connectivity index is 1.72. The first kappa shape index (κ1) is 14.2. The highest BCUT2D eigenvalue weighted by atomic mass is 79.9. The molecular formula is C16H15BrN6. The second-order valence-electron chi connectivity index (χ2n) is 5.34. The molecule has 0 spiro atoms. The van der Waals surface area contributed by atoms with Crippen molar-refractivity contribution in [2.75, 3.05) is 5.32 Å². The van der Waals surface area contributed by atoms with E-state index in [0.29, 0.717) is 6.54 Å². The number of aromatic nitrogens is 5. The largest absolute Gasteiger partial charge is 0.363 e. The first-order valence-corrected chi connectivity index (χ1v) is 8.20. The summed E-state index contributed by atoms with van der Waals surface area (Å²) in [5.41, 5.74) is 1.84. The van der Waals surface area contributed by atoms with E-state index in [2.05, 4.69) is 66.7 Å². The van der Waals surface area contributed by atoms with E-state index in [1.165, 1.54) is 0 Å². The Labute approximate surface area is 141 Å². The summed E-state index contributed by atoms with van der Waals surface area (Å²) in [6.07, 6.45) is 14.8. The zero-order valence-electron chi connectivity index (χ0n) is 12.3. The summed E-state index contributed by atoms with van der Waals surface area (Å²) in [6.45, 7) is 0.601. The number of fused-ring (bicyclic) bond motifs is 1. The van der Waals surface area contributed by atoms with E-state index in [0.717, 1.165) is 33.9 Å². The minimum atomic E-state index is 0.288. The third kappa shape index (κ3) is 2.79. The number of nitrogens with zero attached hydrogens (tertiary/aromatic N) is 4. The van der Waals surface area contributed by atoms with Gasteiger partial charge >= 0.3 is 0 Å². The molecule has 7 heteroatoms. The van der Waals surface area contributed by atoms with Crippen LogP contribution in [-0.4, -0.2) is 24.6 Å². The summed E-state index contributed by atoms with van der Waals surface area (Å²) in [6, 6.07) is 2.06. The van der Waals surface area contributed by atoms with Gasteiger partial charge in [-0.2, -0.15) is 9.61 Å². The SMILES string of the molecule is Brc1cnn2c(NCc3ncc[nH]3)cc(C3C=CC=CC3)nc12. The number of imidazole rings is 1. The summed E-state index contributed by atoms with van der Waals surface area (Å²) in [5, 5.41) is 7.77. The third-order valence-electron chi connectivity index (χ3n) is 3.80. The highest BCUT2D eigenvalue weighted by Crippen LogP contribution is 2.28. The van der Waals surface area contributed by atoms with Crippen LogP contribution >= 0.6 is 15.9 Å². The maximum Gasteiger partial charge on any atom is 0.171 e. The summed E-state index contributed by atoms with van der Waals surface area (Å²) < 4.78 is 2.69. The molecule has 0 fully saturated rings. The quantitative estimate of drug-likeness (QED) is 0.737. The number of halogens is 1. The van der Waals surface area contributed by atoms with E-state index < -0.39 is 0 Å². The van der Waals surface area contributed by atoms with Crippen molar-refractivity contribution in [2.24, 2.45) is 0 Å². The fourth-order valence-corrected chi connectivity index (χ4v) is 2.99. The van der Waals surface area contributed by atoms with Crippen LogP contribution in [0.3, 0.4) is 0 Å². The van der Waals surface area contributed by atoms with Gasteiger partial charge in [0.2, 0.25) is 0 Å². The molecule has 4 rings (SSSR count). The van der Waals surface area contributed by atoms with Crippen LogP contribution in [0.15, 0.2) is 53.4 Å². The highest BCUT2D eigenvalue weighted by Gasteiger charge is 2.16. The fraction of sp³-hybridized carbons (Fsp3) is 0.188. The van der Waals surface area contributed by atoms with Gasteiger partial charge < -0.3 is 10.3 Å². The number of H-pyrrole nitrogens is 1. The van der Waals surface area contributed by atoms with Crippen molar-refractivity contribution in [3.05, 3.63) is 65.0 Å². The number of aromatic amines is 1. The maximum atomic E-state index is 4.77. The smallest absolute Gasteiger partial charge is 0.171 e. The van der Waals surface area contributed by atoms with Gasteiger partial charge in [-0.3, -0.25) is 0 Å². The van der Waals surface area contributed by atoms with Gasteiger partial charge in [-0.15, -0.1) is 0 Å². The molecule has 0 radical (unpaired) electrons. The average Bonchev–Trinajstić information content (AvgIpc) is 3.24. The van der Waals surface area contributed by atoms with Crippen molar-refractivity contribution in [3.8, 4) is 0 Å². The van der Waals surface area contributed by atoms with Crippen LogP contribution in [-0.2, 0) is 6.54 Å². The molecule has 1 unspecified atom stereocenters. The topological polar surface area (TPSA) is 70.9 Å². The lowest BCUT2D eigenvalue weighted by molar-refractivity contribution is 0.802. The molecule has 1 aliphatic rings. The minimum absolute atomic E-state index is 0.288. The predicted molar refractivity (Wildman–Crippen MR) is 92.2 cm³/mol. The second-order valence-corrected chi connectivity index (χ2v) is 6.19. The number of rotatable bonds is 4. The Morgan fingerprint density at radius 3 is 3.13 bits per heavy atom. The molecular weight excluding hydrogens is 356 g/mol. The molecule has 23 heavy (non-hydrogen) atoms. The molecule has 0 aliphatic heterocycles. The van der Waals surface area contributed by atoms with Crippen LogP contribution in [0.4, 0.5) is 5.82 Å². The maximum absolute atomic E-state index is 4.77. The Hall–Kier alpha value is -2.41. The lowest BCUT2D eigenvalue weighted by Gasteiger charge is -2.15. The molecule has 6 nitrogen and oxygen atoms in total. The predicted octanol–water partition coefficient (Wildman–Crippen LogP) is 3.43. The molecule has 1 aliphatic carbocycles. The zero-order valence-corrected chi connectivity index (χ0v) is 13.9. The van der Waals surface area contributed by atoms with Gasteiger partial charge in [0.25, 0.3) is 0 Å². The van der Waals surface area contributed by atoms with Gasteiger partial charge in [-0.25, -0.2) is 9.97 Å². The molecule has 0 amide bonds. The third-order valence-corrected chi connectivity index (χ3v) is 4.36. The van der Waals surface area contributed by atoms with Crippen LogP contribution < -0.4 is 5.32 Å². The molecule has 2 N–H and O–H groups in total. The van der Waals surface area contributed by atoms with Crippen LogP contribution in [0.25, 0.3) is 5.65 Å². The highest BCUT2D eigenvalue weighted by molar-refractivity contribution is 9.10. The van der Waals surface area contributed by atoms with Gasteiger partial charge in [-0.1, -0.05) is 24.3 Å². The minimum Gasteiger partial charge on any atom is -0.363 e. The van der Waals surface area contributed by atoms with Crippen molar-refractivity contribution in [2.45, 2.75) is 18.9 Å². The zero-order chi connectivity index (χ0) is 15.6. The number of hydrogen-bond acceptors (Lipinski definition) is 4. The van der Waals surface area contributed by atoms with Crippen LogP contribution in [0.2, 0.25) is 0 Å². The first-order valence-electron chi connectivity index (χ1n) is 7.41. The average molecular weight is 371 g/mol. The molecule has 0 saturated carbocycles. The van der Waals surface area contributed by atoms with Crippen molar-refractivity contribution < 1.29 is 0 Å². The Kier molecular flexibility index (Phi) is 3.70.